The molecule has 1 aliphatic heterocycles. The van der Waals surface area contributed by atoms with Gasteiger partial charge in [-0.3, -0.25) is 9.59 Å². The third-order valence-electron chi connectivity index (χ3n) is 6.66. The van der Waals surface area contributed by atoms with Crippen LogP contribution in [0.15, 0.2) is 65.1 Å². The van der Waals surface area contributed by atoms with Crippen LogP contribution in [0.2, 0.25) is 0 Å². The molecular formula is C28H31N5O5. The first kappa shape index (κ1) is 25.5. The topological polar surface area (TPSA) is 112 Å². The first-order valence-electron chi connectivity index (χ1n) is 12.7. The molecule has 2 aromatic heterocycles. The van der Waals surface area contributed by atoms with Crippen LogP contribution in [0.3, 0.4) is 0 Å². The maximum atomic E-state index is 13.9. The maximum absolute atomic E-state index is 13.9. The Morgan fingerprint density at radius 3 is 2.68 bits per heavy atom. The minimum Gasteiger partial charge on any atom is -0.497 e. The van der Waals surface area contributed by atoms with E-state index >= 15 is 0 Å². The van der Waals surface area contributed by atoms with Crippen LogP contribution in [0.1, 0.15) is 36.0 Å². The van der Waals surface area contributed by atoms with Gasteiger partial charge in [0, 0.05) is 19.7 Å². The summed E-state index contributed by atoms with van der Waals surface area (Å²) in [5, 5.41) is 11.3. The van der Waals surface area contributed by atoms with Gasteiger partial charge in [-0.2, -0.15) is 0 Å². The molecule has 2 amide bonds. The molecule has 2 atom stereocenters. The van der Waals surface area contributed by atoms with Gasteiger partial charge in [-0.15, -0.1) is 5.10 Å². The van der Waals surface area contributed by atoms with Gasteiger partial charge in [0.15, 0.2) is 6.04 Å². The van der Waals surface area contributed by atoms with Crippen molar-refractivity contribution in [1.82, 2.24) is 25.2 Å². The van der Waals surface area contributed by atoms with Gasteiger partial charge >= 0.3 is 0 Å². The highest BCUT2D eigenvalue weighted by Gasteiger charge is 2.35. The van der Waals surface area contributed by atoms with E-state index in [1.54, 1.807) is 23.9 Å². The van der Waals surface area contributed by atoms with Crippen LogP contribution in [0.4, 0.5) is 0 Å². The molecule has 5 rings (SSSR count). The smallest absolute Gasteiger partial charge is 0.250 e. The number of carbonyl (C=O) groups excluding carboxylic acids is 2. The molecule has 1 saturated heterocycles. The zero-order valence-corrected chi connectivity index (χ0v) is 21.5. The van der Waals surface area contributed by atoms with Crippen molar-refractivity contribution in [3.8, 4) is 5.75 Å². The largest absolute Gasteiger partial charge is 0.497 e. The van der Waals surface area contributed by atoms with Crippen molar-refractivity contribution in [3.05, 3.63) is 77.7 Å². The SMILES string of the molecule is COc1ccc(CN(C(=O)Cn2nnc3ccccc32)[C@H](C(=O)NC[C@H]2CCCO2)c2ccc(C)o2)cc1. The number of aromatic nitrogens is 3. The van der Waals surface area contributed by atoms with Crippen molar-refractivity contribution in [2.24, 2.45) is 0 Å². The number of carbonyl (C=O) groups is 2. The number of amides is 2. The number of nitrogens with one attached hydrogen (secondary N) is 1. The number of aryl methyl sites for hydroxylation is 1. The van der Waals surface area contributed by atoms with Gasteiger partial charge in [0.25, 0.3) is 5.91 Å². The number of hydrogen-bond donors (Lipinski definition) is 1. The second-order valence-corrected chi connectivity index (χ2v) is 9.34. The van der Waals surface area contributed by atoms with Gasteiger partial charge in [-0.25, -0.2) is 4.68 Å². The summed E-state index contributed by atoms with van der Waals surface area (Å²) < 4.78 is 18.4. The highest BCUT2D eigenvalue weighted by atomic mass is 16.5. The average molecular weight is 518 g/mol. The zero-order chi connectivity index (χ0) is 26.5. The zero-order valence-electron chi connectivity index (χ0n) is 21.5. The lowest BCUT2D eigenvalue weighted by molar-refractivity contribution is -0.143. The standard InChI is InChI=1S/C28H31N5O5/c1-19-9-14-25(38-19)27(28(35)29-16-22-6-5-15-37-22)32(17-20-10-12-21(36-2)13-11-20)26(34)18-33-24-8-4-3-7-23(24)30-31-33/h3-4,7-14,22,27H,5-6,15-18H2,1-2H3,(H,29,35)/t22-,27+/m1/s1. The summed E-state index contributed by atoms with van der Waals surface area (Å²) in [6, 6.07) is 17.4. The normalized spacial score (nSPS) is 15.9. The molecule has 1 fully saturated rings. The number of para-hydroxylation sites is 1. The molecule has 0 saturated carbocycles. The second-order valence-electron chi connectivity index (χ2n) is 9.34. The fourth-order valence-electron chi connectivity index (χ4n) is 4.65. The van der Waals surface area contributed by atoms with Crippen LogP contribution in [-0.2, 0) is 27.4 Å². The van der Waals surface area contributed by atoms with E-state index in [1.165, 1.54) is 4.90 Å². The number of ether oxygens (including phenoxy) is 2. The Balaban J connectivity index is 1.47. The molecule has 0 radical (unpaired) electrons. The minimum absolute atomic E-state index is 0.0369. The van der Waals surface area contributed by atoms with E-state index in [1.807, 2.05) is 55.5 Å². The van der Waals surface area contributed by atoms with Gasteiger partial charge in [0.2, 0.25) is 5.91 Å². The van der Waals surface area contributed by atoms with Gasteiger partial charge in [0.05, 0.1) is 18.7 Å². The van der Waals surface area contributed by atoms with Crippen molar-refractivity contribution in [2.75, 3.05) is 20.3 Å². The molecule has 198 valence electrons. The molecule has 0 spiro atoms. The molecule has 10 nitrogen and oxygen atoms in total. The van der Waals surface area contributed by atoms with Crippen LogP contribution in [0.5, 0.6) is 5.75 Å². The summed E-state index contributed by atoms with van der Waals surface area (Å²) in [5.41, 5.74) is 2.26. The van der Waals surface area contributed by atoms with Crippen LogP contribution < -0.4 is 10.1 Å². The van der Waals surface area contributed by atoms with E-state index < -0.39 is 6.04 Å². The van der Waals surface area contributed by atoms with Crippen LogP contribution in [0.25, 0.3) is 11.0 Å². The summed E-state index contributed by atoms with van der Waals surface area (Å²) in [6.45, 7) is 2.95. The van der Waals surface area contributed by atoms with Crippen LogP contribution in [0, 0.1) is 6.92 Å². The molecule has 4 aromatic rings. The number of methoxy groups -OCH3 is 1. The summed E-state index contributed by atoms with van der Waals surface area (Å²) in [6.07, 6.45) is 1.82. The minimum atomic E-state index is -0.991. The Kier molecular flexibility index (Phi) is 7.69. The number of furan rings is 1. The highest BCUT2D eigenvalue weighted by molar-refractivity contribution is 5.88. The van der Waals surface area contributed by atoms with E-state index in [0.717, 1.165) is 23.9 Å². The summed E-state index contributed by atoms with van der Waals surface area (Å²) in [4.78, 5) is 29.1. The van der Waals surface area contributed by atoms with Crippen molar-refractivity contribution < 1.29 is 23.5 Å². The van der Waals surface area contributed by atoms with Gasteiger partial charge < -0.3 is 24.1 Å². The summed E-state index contributed by atoms with van der Waals surface area (Å²) in [5.74, 6) is 1.10. The van der Waals surface area contributed by atoms with E-state index in [2.05, 4.69) is 15.6 Å². The Morgan fingerprint density at radius 1 is 1.16 bits per heavy atom. The lowest BCUT2D eigenvalue weighted by Gasteiger charge is -2.30. The molecule has 2 aromatic carbocycles. The molecule has 0 unspecified atom stereocenters. The number of nitrogens with zero attached hydrogens (tertiary/aromatic N) is 4. The summed E-state index contributed by atoms with van der Waals surface area (Å²) >= 11 is 0. The van der Waals surface area contributed by atoms with Crippen molar-refractivity contribution >= 4 is 22.8 Å². The predicted molar refractivity (Wildman–Crippen MR) is 139 cm³/mol. The van der Waals surface area contributed by atoms with Crippen molar-refractivity contribution in [3.63, 3.8) is 0 Å². The molecule has 3 heterocycles. The van der Waals surface area contributed by atoms with Gasteiger partial charge in [-0.1, -0.05) is 29.5 Å². The van der Waals surface area contributed by atoms with E-state index in [-0.39, 0.29) is 31.0 Å². The lowest BCUT2D eigenvalue weighted by atomic mass is 10.1. The van der Waals surface area contributed by atoms with Crippen molar-refractivity contribution in [2.45, 2.75) is 45.0 Å². The fourth-order valence-corrected chi connectivity index (χ4v) is 4.65. The van der Waals surface area contributed by atoms with E-state index in [9.17, 15) is 9.59 Å². The Bertz CT molecular complexity index is 1390. The summed E-state index contributed by atoms with van der Waals surface area (Å²) in [7, 11) is 1.60. The first-order chi connectivity index (χ1) is 18.5. The molecule has 0 aliphatic carbocycles. The molecule has 38 heavy (non-hydrogen) atoms. The number of rotatable bonds is 10. The Hall–Kier alpha value is -4.18. The van der Waals surface area contributed by atoms with Crippen molar-refractivity contribution in [1.29, 1.82) is 0 Å². The molecular weight excluding hydrogens is 486 g/mol. The molecule has 1 N–H and O–H groups in total. The van der Waals surface area contributed by atoms with Gasteiger partial charge in [0.1, 0.15) is 29.3 Å². The third-order valence-corrected chi connectivity index (χ3v) is 6.66. The predicted octanol–water partition coefficient (Wildman–Crippen LogP) is 3.41. The second kappa shape index (κ2) is 11.5. The Labute approximate surface area is 220 Å². The number of hydrogen-bond acceptors (Lipinski definition) is 7. The van der Waals surface area contributed by atoms with E-state index in [4.69, 9.17) is 13.9 Å². The number of fused-ring (bicyclic) bond motifs is 1. The van der Waals surface area contributed by atoms with Crippen LogP contribution >= 0.6 is 0 Å². The number of benzene rings is 2. The average Bonchev–Trinajstić information content (AvgIpc) is 3.70. The van der Waals surface area contributed by atoms with Crippen LogP contribution in [-0.4, -0.2) is 58.1 Å². The molecule has 10 heteroatoms. The third kappa shape index (κ3) is 5.70. The van der Waals surface area contributed by atoms with Gasteiger partial charge in [-0.05, 0) is 61.7 Å². The van der Waals surface area contributed by atoms with E-state index in [0.29, 0.717) is 35.9 Å². The first-order valence-corrected chi connectivity index (χ1v) is 12.7. The quantitative estimate of drug-likeness (QED) is 0.343. The monoisotopic (exact) mass is 517 g/mol. The molecule has 1 aliphatic rings. The lowest BCUT2D eigenvalue weighted by Crippen LogP contribution is -2.46. The maximum Gasteiger partial charge on any atom is 0.250 e. The Morgan fingerprint density at radius 2 is 1.97 bits per heavy atom. The fraction of sp³-hybridized carbons (Fsp3) is 0.357. The molecule has 0 bridgehead atoms. The highest BCUT2D eigenvalue weighted by Crippen LogP contribution is 2.27.